The fourth-order valence-corrected chi connectivity index (χ4v) is 4.26. The zero-order valence-electron chi connectivity index (χ0n) is 16.0. The number of hydrogen-bond acceptors (Lipinski definition) is 6. The quantitative estimate of drug-likeness (QED) is 0.544. The highest BCUT2D eigenvalue weighted by Crippen LogP contribution is 2.34. The molecule has 1 amide bonds. The van der Waals surface area contributed by atoms with Crippen molar-refractivity contribution in [3.8, 4) is 22.6 Å². The molecule has 30 heavy (non-hydrogen) atoms. The molecule has 0 fully saturated rings. The standard InChI is InChI=1S/C22H17N3O4S/c1-13-2-4-14(5-3-13)16-10-30-21-20(16)22(27)25(11-23-21)9-19(26)24-15-6-7-17-18(8-15)29-12-28-17/h2-8,10-11H,9,12H2,1H3,(H,24,26). The molecular formula is C22H17N3O4S. The Labute approximate surface area is 175 Å². The molecule has 1 N–H and O–H groups in total. The SMILES string of the molecule is Cc1ccc(-c2csc3ncn(CC(=O)Nc4ccc5c(c4)OCO5)c(=O)c23)cc1. The van der Waals surface area contributed by atoms with Crippen LogP contribution in [0.1, 0.15) is 5.56 Å². The number of thiophene rings is 1. The first-order chi connectivity index (χ1) is 14.6. The van der Waals surface area contributed by atoms with Crippen LogP contribution in [-0.4, -0.2) is 22.3 Å². The van der Waals surface area contributed by atoms with E-state index in [1.165, 1.54) is 22.2 Å². The second-order valence-corrected chi connectivity index (χ2v) is 7.85. The first-order valence-corrected chi connectivity index (χ1v) is 10.2. The summed E-state index contributed by atoms with van der Waals surface area (Å²) >= 11 is 1.42. The summed E-state index contributed by atoms with van der Waals surface area (Å²) in [4.78, 5) is 30.7. The first kappa shape index (κ1) is 18.4. The van der Waals surface area contributed by atoms with E-state index in [9.17, 15) is 9.59 Å². The van der Waals surface area contributed by atoms with E-state index in [0.717, 1.165) is 16.7 Å². The minimum absolute atomic E-state index is 0.139. The van der Waals surface area contributed by atoms with Gasteiger partial charge in [0, 0.05) is 22.7 Å². The number of hydrogen-bond donors (Lipinski definition) is 1. The van der Waals surface area contributed by atoms with Gasteiger partial charge >= 0.3 is 0 Å². The number of aromatic nitrogens is 2. The second kappa shape index (κ2) is 7.31. The van der Waals surface area contributed by atoms with Crippen LogP contribution in [0.15, 0.2) is 59.0 Å². The number of amides is 1. The van der Waals surface area contributed by atoms with Gasteiger partial charge in [-0.05, 0) is 24.6 Å². The van der Waals surface area contributed by atoms with Crippen molar-refractivity contribution in [2.24, 2.45) is 0 Å². The van der Waals surface area contributed by atoms with E-state index < -0.39 is 0 Å². The second-order valence-electron chi connectivity index (χ2n) is 6.99. The van der Waals surface area contributed by atoms with Crippen LogP contribution in [-0.2, 0) is 11.3 Å². The van der Waals surface area contributed by atoms with Crippen LogP contribution in [0.4, 0.5) is 5.69 Å². The summed E-state index contributed by atoms with van der Waals surface area (Å²) in [5.41, 5.74) is 3.26. The van der Waals surface area contributed by atoms with E-state index in [-0.39, 0.29) is 24.8 Å². The highest BCUT2D eigenvalue weighted by molar-refractivity contribution is 7.17. The normalized spacial score (nSPS) is 12.3. The average Bonchev–Trinajstić information content (AvgIpc) is 3.37. The number of benzene rings is 2. The topological polar surface area (TPSA) is 82.5 Å². The van der Waals surface area contributed by atoms with Gasteiger partial charge in [-0.2, -0.15) is 0 Å². The number of nitrogens with one attached hydrogen (secondary N) is 1. The van der Waals surface area contributed by atoms with Crippen molar-refractivity contribution in [3.63, 3.8) is 0 Å². The number of fused-ring (bicyclic) bond motifs is 2. The number of anilines is 1. The van der Waals surface area contributed by atoms with E-state index in [4.69, 9.17) is 9.47 Å². The summed E-state index contributed by atoms with van der Waals surface area (Å²) in [5.74, 6) is 0.887. The molecule has 0 saturated heterocycles. The fourth-order valence-electron chi connectivity index (χ4n) is 3.36. The molecule has 8 heteroatoms. The third kappa shape index (κ3) is 3.31. The van der Waals surface area contributed by atoms with Crippen LogP contribution < -0.4 is 20.3 Å². The van der Waals surface area contributed by atoms with Crippen molar-refractivity contribution in [2.75, 3.05) is 12.1 Å². The lowest BCUT2D eigenvalue weighted by Gasteiger charge is -2.08. The number of rotatable bonds is 4. The summed E-state index contributed by atoms with van der Waals surface area (Å²) < 4.78 is 11.9. The van der Waals surface area contributed by atoms with Gasteiger partial charge in [-0.1, -0.05) is 29.8 Å². The summed E-state index contributed by atoms with van der Waals surface area (Å²) in [6, 6.07) is 13.1. The van der Waals surface area contributed by atoms with Crippen LogP contribution in [0.5, 0.6) is 11.5 Å². The Kier molecular flexibility index (Phi) is 4.48. The van der Waals surface area contributed by atoms with Crippen LogP contribution in [0.2, 0.25) is 0 Å². The molecule has 1 aliphatic rings. The third-order valence-electron chi connectivity index (χ3n) is 4.89. The number of carbonyl (C=O) groups excluding carboxylic acids is 1. The molecule has 0 radical (unpaired) electrons. The smallest absolute Gasteiger partial charge is 0.263 e. The molecular weight excluding hydrogens is 402 g/mol. The number of ether oxygens (including phenoxy) is 2. The summed E-state index contributed by atoms with van der Waals surface area (Å²) in [7, 11) is 0. The zero-order valence-corrected chi connectivity index (χ0v) is 16.9. The van der Waals surface area contributed by atoms with Crippen LogP contribution in [0.25, 0.3) is 21.3 Å². The van der Waals surface area contributed by atoms with Crippen molar-refractivity contribution in [2.45, 2.75) is 13.5 Å². The Hall–Kier alpha value is -3.65. The summed E-state index contributed by atoms with van der Waals surface area (Å²) in [6.45, 7) is 2.04. The minimum Gasteiger partial charge on any atom is -0.454 e. The fraction of sp³-hybridized carbons (Fsp3) is 0.136. The van der Waals surface area contributed by atoms with Crippen molar-refractivity contribution in [3.05, 3.63) is 70.1 Å². The third-order valence-corrected chi connectivity index (χ3v) is 5.78. The number of nitrogens with zero attached hydrogens (tertiary/aromatic N) is 2. The molecule has 0 atom stereocenters. The molecule has 0 unspecified atom stereocenters. The van der Waals surface area contributed by atoms with Crippen molar-refractivity contribution < 1.29 is 14.3 Å². The molecule has 7 nitrogen and oxygen atoms in total. The lowest BCUT2D eigenvalue weighted by molar-refractivity contribution is -0.116. The van der Waals surface area contributed by atoms with Gasteiger partial charge in [0.15, 0.2) is 11.5 Å². The van der Waals surface area contributed by atoms with E-state index in [1.807, 2.05) is 36.6 Å². The van der Waals surface area contributed by atoms with E-state index >= 15 is 0 Å². The van der Waals surface area contributed by atoms with E-state index in [1.54, 1.807) is 18.2 Å². The van der Waals surface area contributed by atoms with Gasteiger partial charge in [-0.25, -0.2) is 4.98 Å². The predicted octanol–water partition coefficient (Wildman–Crippen LogP) is 3.80. The van der Waals surface area contributed by atoms with E-state index in [2.05, 4.69) is 10.3 Å². The van der Waals surface area contributed by atoms with Gasteiger partial charge in [0.05, 0.1) is 11.7 Å². The molecule has 1 aliphatic heterocycles. The van der Waals surface area contributed by atoms with Crippen LogP contribution in [0, 0.1) is 6.92 Å². The molecule has 0 bridgehead atoms. The van der Waals surface area contributed by atoms with Crippen LogP contribution >= 0.6 is 11.3 Å². The molecule has 2 aromatic heterocycles. The van der Waals surface area contributed by atoms with Gasteiger partial charge in [0.2, 0.25) is 12.7 Å². The predicted molar refractivity (Wildman–Crippen MR) is 115 cm³/mol. The molecule has 0 saturated carbocycles. The van der Waals surface area contributed by atoms with Gasteiger partial charge in [-0.3, -0.25) is 14.2 Å². The zero-order chi connectivity index (χ0) is 20.7. The average molecular weight is 419 g/mol. The molecule has 0 spiro atoms. The lowest BCUT2D eigenvalue weighted by Crippen LogP contribution is -2.27. The maximum absolute atomic E-state index is 13.1. The molecule has 150 valence electrons. The lowest BCUT2D eigenvalue weighted by atomic mass is 10.1. The van der Waals surface area contributed by atoms with E-state index in [0.29, 0.717) is 27.4 Å². The van der Waals surface area contributed by atoms with Crippen LogP contribution in [0.3, 0.4) is 0 Å². The maximum Gasteiger partial charge on any atom is 0.263 e. The molecule has 2 aromatic carbocycles. The van der Waals surface area contributed by atoms with Crippen molar-refractivity contribution in [1.29, 1.82) is 0 Å². The van der Waals surface area contributed by atoms with Gasteiger partial charge in [0.1, 0.15) is 11.4 Å². The van der Waals surface area contributed by atoms with Gasteiger partial charge < -0.3 is 14.8 Å². The Morgan fingerprint density at radius 1 is 1.17 bits per heavy atom. The maximum atomic E-state index is 13.1. The van der Waals surface area contributed by atoms with Gasteiger partial charge in [-0.15, -0.1) is 11.3 Å². The molecule has 5 rings (SSSR count). The molecule has 3 heterocycles. The highest BCUT2D eigenvalue weighted by atomic mass is 32.1. The Balaban J connectivity index is 1.42. The number of aryl methyl sites for hydroxylation is 1. The Morgan fingerprint density at radius 2 is 1.97 bits per heavy atom. The molecule has 4 aromatic rings. The molecule has 0 aliphatic carbocycles. The highest BCUT2D eigenvalue weighted by Gasteiger charge is 2.16. The minimum atomic E-state index is -0.329. The first-order valence-electron chi connectivity index (χ1n) is 9.32. The Morgan fingerprint density at radius 3 is 2.80 bits per heavy atom. The summed E-state index contributed by atoms with van der Waals surface area (Å²) in [5, 5.41) is 5.24. The summed E-state index contributed by atoms with van der Waals surface area (Å²) in [6.07, 6.45) is 1.42. The monoisotopic (exact) mass is 419 g/mol. The van der Waals surface area contributed by atoms with Crippen molar-refractivity contribution >= 4 is 33.1 Å². The Bertz CT molecular complexity index is 1320. The van der Waals surface area contributed by atoms with Gasteiger partial charge in [0.25, 0.3) is 5.56 Å². The largest absolute Gasteiger partial charge is 0.454 e. The van der Waals surface area contributed by atoms with Crippen molar-refractivity contribution in [1.82, 2.24) is 9.55 Å². The number of carbonyl (C=O) groups is 1.